The Labute approximate surface area is 263 Å². The van der Waals surface area contributed by atoms with Crippen LogP contribution in [0.1, 0.15) is 143 Å². The number of aliphatic hydroxyl groups excluding tert-OH is 2. The van der Waals surface area contributed by atoms with Gasteiger partial charge in [0, 0.05) is 12.8 Å². The minimum absolute atomic E-state index is 0.155. The number of esters is 2. The molecule has 0 fully saturated rings. The number of hydrogen-bond donors (Lipinski definition) is 2. The van der Waals surface area contributed by atoms with Gasteiger partial charge in [0.1, 0.15) is 6.61 Å². The van der Waals surface area contributed by atoms with Crippen molar-refractivity contribution in [2.75, 3.05) is 13.2 Å². The molecule has 0 unspecified atom stereocenters. The smallest absolute Gasteiger partial charge is 0.306 e. The molecule has 0 aromatic carbocycles. The average molecular weight is 605 g/mol. The molecule has 0 heterocycles. The van der Waals surface area contributed by atoms with E-state index < -0.39 is 24.8 Å². The van der Waals surface area contributed by atoms with Crippen molar-refractivity contribution in [2.24, 2.45) is 5.92 Å². The van der Waals surface area contributed by atoms with Crippen LogP contribution in [0.2, 0.25) is 0 Å². The zero-order valence-corrected chi connectivity index (χ0v) is 27.7. The van der Waals surface area contributed by atoms with Crippen molar-refractivity contribution in [2.45, 2.75) is 155 Å². The van der Waals surface area contributed by atoms with Crippen LogP contribution >= 0.6 is 0 Å². The van der Waals surface area contributed by atoms with Gasteiger partial charge in [-0.2, -0.15) is 0 Å². The number of ether oxygens (including phenoxy) is 2. The highest BCUT2D eigenvalue weighted by molar-refractivity contribution is 5.70. The van der Waals surface area contributed by atoms with Crippen LogP contribution in [0.4, 0.5) is 0 Å². The molecule has 0 amide bonds. The molecular formula is C37H64O6. The Morgan fingerprint density at radius 1 is 0.698 bits per heavy atom. The van der Waals surface area contributed by atoms with Crippen molar-refractivity contribution in [3.8, 4) is 0 Å². The highest BCUT2D eigenvalue weighted by atomic mass is 16.6. The Hall–Kier alpha value is -2.18. The molecule has 0 saturated heterocycles. The quantitative estimate of drug-likeness (QED) is 0.0383. The first-order valence-corrected chi connectivity index (χ1v) is 17.2. The van der Waals surface area contributed by atoms with Crippen LogP contribution in [0, 0.1) is 5.92 Å². The minimum Gasteiger partial charge on any atom is -0.462 e. The van der Waals surface area contributed by atoms with E-state index in [-0.39, 0.29) is 19.0 Å². The van der Waals surface area contributed by atoms with Gasteiger partial charge in [-0.1, -0.05) is 134 Å². The van der Waals surface area contributed by atoms with Gasteiger partial charge in [0.25, 0.3) is 0 Å². The molecule has 0 aliphatic heterocycles. The lowest BCUT2D eigenvalue weighted by atomic mass is 10.0. The van der Waals surface area contributed by atoms with Gasteiger partial charge in [-0.3, -0.25) is 9.59 Å². The van der Waals surface area contributed by atoms with Crippen molar-refractivity contribution in [1.29, 1.82) is 0 Å². The molecule has 2 N–H and O–H groups in total. The number of aliphatic hydroxyl groups is 2. The first-order valence-electron chi connectivity index (χ1n) is 17.2. The number of carbonyl (C=O) groups is 2. The van der Waals surface area contributed by atoms with Crippen LogP contribution in [-0.2, 0) is 19.1 Å². The minimum atomic E-state index is -0.843. The van der Waals surface area contributed by atoms with Crippen molar-refractivity contribution in [1.82, 2.24) is 0 Å². The molecule has 43 heavy (non-hydrogen) atoms. The lowest BCUT2D eigenvalue weighted by molar-refractivity contribution is -0.161. The molecule has 0 aliphatic rings. The highest BCUT2D eigenvalue weighted by Crippen LogP contribution is 2.13. The lowest BCUT2D eigenvalue weighted by Crippen LogP contribution is -2.28. The largest absolute Gasteiger partial charge is 0.462 e. The summed E-state index contributed by atoms with van der Waals surface area (Å²) in [7, 11) is 0. The Bertz CT molecular complexity index is 767. The Kier molecular flexibility index (Phi) is 29.7. The third kappa shape index (κ3) is 31.1. The summed E-state index contributed by atoms with van der Waals surface area (Å²) in [6.45, 7) is 6.21. The Balaban J connectivity index is 3.84. The number of unbranched alkanes of at least 4 members (excludes halogenated alkanes) is 10. The topological polar surface area (TPSA) is 93.1 Å². The van der Waals surface area contributed by atoms with Gasteiger partial charge in [0.2, 0.25) is 0 Å². The van der Waals surface area contributed by atoms with E-state index in [0.717, 1.165) is 44.4 Å². The lowest BCUT2D eigenvalue weighted by Gasteiger charge is -2.16. The fourth-order valence-electron chi connectivity index (χ4n) is 4.49. The van der Waals surface area contributed by atoms with Gasteiger partial charge in [-0.05, 0) is 50.9 Å². The first kappa shape index (κ1) is 40.8. The summed E-state index contributed by atoms with van der Waals surface area (Å²) < 4.78 is 10.4. The monoisotopic (exact) mass is 604 g/mol. The van der Waals surface area contributed by atoms with Crippen LogP contribution in [0.15, 0.2) is 48.6 Å². The summed E-state index contributed by atoms with van der Waals surface area (Å²) in [5, 5.41) is 19.6. The number of allylic oxidation sites excluding steroid dienone is 7. The van der Waals surface area contributed by atoms with Crippen molar-refractivity contribution in [3.63, 3.8) is 0 Å². The predicted octanol–water partition coefficient (Wildman–Crippen LogP) is 9.11. The van der Waals surface area contributed by atoms with Gasteiger partial charge in [0.15, 0.2) is 6.10 Å². The van der Waals surface area contributed by atoms with E-state index in [2.05, 4.69) is 45.1 Å². The van der Waals surface area contributed by atoms with Crippen LogP contribution in [0.5, 0.6) is 0 Å². The molecule has 248 valence electrons. The summed E-state index contributed by atoms with van der Waals surface area (Å²) in [6.07, 6.45) is 33.5. The molecule has 0 bridgehead atoms. The van der Waals surface area contributed by atoms with E-state index in [1.165, 1.54) is 57.8 Å². The zero-order chi connectivity index (χ0) is 31.8. The molecule has 0 aromatic rings. The molecule has 0 saturated carbocycles. The molecule has 0 rings (SSSR count). The van der Waals surface area contributed by atoms with E-state index in [1.807, 2.05) is 18.2 Å². The van der Waals surface area contributed by atoms with E-state index in [9.17, 15) is 19.8 Å². The standard InChI is InChI=1S/C37H64O6/c1-4-5-6-7-8-9-10-11-12-13-17-20-23-27-34(39)28-25-30-36(40)42-32-35(31-38)43-37(41)29-24-21-18-15-14-16-19-22-26-33(2)3/h8-9,11-12,17,20,23,27,33-35,38-39H,4-7,10,13-16,18-19,21-22,24-26,28-32H2,1-3H3/b9-8-,12-11-,20-17-,27-23+/t34-,35+/m1/s1. The van der Waals surface area contributed by atoms with Gasteiger partial charge in [-0.15, -0.1) is 0 Å². The maximum atomic E-state index is 12.1. The van der Waals surface area contributed by atoms with E-state index in [4.69, 9.17) is 9.47 Å². The molecule has 0 aromatic heterocycles. The average Bonchev–Trinajstić information content (AvgIpc) is 2.98. The van der Waals surface area contributed by atoms with Crippen LogP contribution < -0.4 is 0 Å². The third-order valence-corrected chi connectivity index (χ3v) is 7.16. The number of carbonyl (C=O) groups excluding carboxylic acids is 2. The van der Waals surface area contributed by atoms with E-state index in [1.54, 1.807) is 6.08 Å². The summed E-state index contributed by atoms with van der Waals surface area (Å²) in [5.41, 5.74) is 0. The van der Waals surface area contributed by atoms with Crippen molar-refractivity contribution < 1.29 is 29.3 Å². The van der Waals surface area contributed by atoms with E-state index >= 15 is 0 Å². The fourth-order valence-corrected chi connectivity index (χ4v) is 4.49. The molecular weight excluding hydrogens is 540 g/mol. The predicted molar refractivity (Wildman–Crippen MR) is 179 cm³/mol. The molecule has 6 heteroatoms. The fraction of sp³-hybridized carbons (Fsp3) is 0.730. The summed E-state index contributed by atoms with van der Waals surface area (Å²) in [6, 6.07) is 0. The maximum absolute atomic E-state index is 12.1. The van der Waals surface area contributed by atoms with Gasteiger partial charge in [0.05, 0.1) is 12.7 Å². The second-order valence-electron chi connectivity index (χ2n) is 11.9. The summed E-state index contributed by atoms with van der Waals surface area (Å²) >= 11 is 0. The summed E-state index contributed by atoms with van der Waals surface area (Å²) in [4.78, 5) is 24.1. The van der Waals surface area contributed by atoms with Gasteiger partial charge in [-0.25, -0.2) is 0 Å². The third-order valence-electron chi connectivity index (χ3n) is 7.16. The van der Waals surface area contributed by atoms with Crippen LogP contribution in [0.25, 0.3) is 0 Å². The molecule has 6 nitrogen and oxygen atoms in total. The molecule has 0 aliphatic carbocycles. The molecule has 0 spiro atoms. The SMILES string of the molecule is CCCCC/C=C\C/C=C\C/C=C\C=C\[C@@H](O)CCCC(=O)OC[C@H](CO)OC(=O)CCCCCCCCCCC(C)C. The van der Waals surface area contributed by atoms with Crippen molar-refractivity contribution in [3.05, 3.63) is 48.6 Å². The molecule has 0 radical (unpaired) electrons. The Morgan fingerprint density at radius 3 is 2.00 bits per heavy atom. The number of rotatable bonds is 29. The summed E-state index contributed by atoms with van der Waals surface area (Å²) in [5.74, 6) is -0.00872. The second kappa shape index (κ2) is 31.3. The number of hydrogen-bond acceptors (Lipinski definition) is 6. The van der Waals surface area contributed by atoms with E-state index in [0.29, 0.717) is 19.3 Å². The Morgan fingerprint density at radius 2 is 1.33 bits per heavy atom. The second-order valence-corrected chi connectivity index (χ2v) is 11.9. The van der Waals surface area contributed by atoms with Crippen molar-refractivity contribution >= 4 is 11.9 Å². The zero-order valence-electron chi connectivity index (χ0n) is 27.7. The normalized spacial score (nSPS) is 13.6. The van der Waals surface area contributed by atoms with Gasteiger partial charge < -0.3 is 19.7 Å². The molecule has 2 atom stereocenters. The van der Waals surface area contributed by atoms with Gasteiger partial charge >= 0.3 is 11.9 Å². The van der Waals surface area contributed by atoms with Crippen LogP contribution in [-0.4, -0.2) is 47.6 Å². The van der Waals surface area contributed by atoms with Crippen LogP contribution in [0.3, 0.4) is 0 Å². The highest BCUT2D eigenvalue weighted by Gasteiger charge is 2.16. The first-order chi connectivity index (χ1) is 20.9. The maximum Gasteiger partial charge on any atom is 0.306 e.